The molecule has 8 heteroatoms. The first kappa shape index (κ1) is 16.4. The number of carboxylic acid groups (broad SMARTS) is 2. The molecule has 0 saturated heterocycles. The van der Waals surface area contributed by atoms with Gasteiger partial charge in [-0.15, -0.1) is 0 Å². The van der Waals surface area contributed by atoms with Crippen molar-refractivity contribution in [3.63, 3.8) is 0 Å². The molecule has 0 bridgehead atoms. The number of aliphatic carboxylic acids is 2. The predicted octanol–water partition coefficient (Wildman–Crippen LogP) is 0.668. The summed E-state index contributed by atoms with van der Waals surface area (Å²) in [4.78, 5) is 22.7. The number of nitrogens with zero attached hydrogens (tertiary/aromatic N) is 1. The summed E-state index contributed by atoms with van der Waals surface area (Å²) in [7, 11) is 0. The molecule has 2 aliphatic rings. The van der Waals surface area contributed by atoms with Gasteiger partial charge < -0.3 is 20.7 Å². The molecule has 0 amide bonds. The van der Waals surface area contributed by atoms with Crippen LogP contribution in [0.1, 0.15) is 17.5 Å². The topological polar surface area (TPSA) is 134 Å². The molecule has 2 aliphatic carbocycles. The molecular formula is C16H15FN2O5. The maximum Gasteiger partial charge on any atom is 0.342 e. The van der Waals surface area contributed by atoms with Crippen LogP contribution in [0, 0.1) is 23.2 Å². The van der Waals surface area contributed by atoms with E-state index in [4.69, 9.17) is 20.8 Å². The van der Waals surface area contributed by atoms with Crippen molar-refractivity contribution in [2.75, 3.05) is 0 Å². The lowest BCUT2D eigenvalue weighted by molar-refractivity contribution is -0.156. The molecule has 0 unspecified atom stereocenters. The van der Waals surface area contributed by atoms with Crippen molar-refractivity contribution in [1.82, 2.24) is 0 Å². The Balaban J connectivity index is 1.77. The lowest BCUT2D eigenvalue weighted by atomic mass is 9.88. The highest BCUT2D eigenvalue weighted by molar-refractivity contribution is 5.90. The molecule has 0 aromatic heterocycles. The van der Waals surface area contributed by atoms with Crippen LogP contribution >= 0.6 is 0 Å². The fourth-order valence-corrected chi connectivity index (χ4v) is 3.73. The van der Waals surface area contributed by atoms with E-state index in [0.717, 1.165) is 0 Å². The minimum Gasteiger partial charge on any atom is -0.480 e. The number of carbonyl (C=O) groups is 2. The largest absolute Gasteiger partial charge is 0.480 e. The van der Waals surface area contributed by atoms with Crippen molar-refractivity contribution < 1.29 is 28.9 Å². The average Bonchev–Trinajstić information content (AvgIpc) is 3.02. The van der Waals surface area contributed by atoms with Gasteiger partial charge in [0.2, 0.25) is 5.67 Å². The fourth-order valence-electron chi connectivity index (χ4n) is 3.73. The van der Waals surface area contributed by atoms with E-state index >= 15 is 0 Å². The van der Waals surface area contributed by atoms with Crippen molar-refractivity contribution in [3.05, 3.63) is 35.4 Å². The zero-order valence-corrected chi connectivity index (χ0v) is 12.5. The van der Waals surface area contributed by atoms with Gasteiger partial charge in [0, 0.05) is 11.8 Å². The summed E-state index contributed by atoms with van der Waals surface area (Å²) >= 11 is 0. The number of ether oxygens (including phenoxy) is 1. The number of nitriles is 1. The van der Waals surface area contributed by atoms with E-state index in [1.807, 2.05) is 6.07 Å². The standard InChI is InChI=1S/C16H15FN2O5/c17-15(13(20)21)10-5-11(16(19,12(10)15)14(22)23)24-7-9-3-1-2-8(4-9)6-18/h1-4,10-12H,5,7,19H2,(H,20,21)(H,22,23)/t10-,11-,12+,15-,16+/m1/s1. The van der Waals surface area contributed by atoms with Crippen molar-refractivity contribution in [3.8, 4) is 6.07 Å². The highest BCUT2D eigenvalue weighted by Gasteiger charge is 2.85. The van der Waals surface area contributed by atoms with Crippen LogP contribution in [0.3, 0.4) is 0 Å². The minimum absolute atomic E-state index is 0.00177. The Bertz CT molecular complexity index is 763. The highest BCUT2D eigenvalue weighted by Crippen LogP contribution is 2.67. The van der Waals surface area contributed by atoms with Crippen LogP contribution in [0.15, 0.2) is 24.3 Å². The van der Waals surface area contributed by atoms with E-state index in [-0.39, 0.29) is 13.0 Å². The van der Waals surface area contributed by atoms with Crippen molar-refractivity contribution in [1.29, 1.82) is 5.26 Å². The van der Waals surface area contributed by atoms with Gasteiger partial charge in [-0.05, 0) is 24.1 Å². The molecule has 5 atom stereocenters. The summed E-state index contributed by atoms with van der Waals surface area (Å²) in [5, 5.41) is 27.3. The third kappa shape index (κ3) is 2.09. The van der Waals surface area contributed by atoms with Crippen LogP contribution in [-0.4, -0.2) is 39.5 Å². The van der Waals surface area contributed by atoms with Crippen LogP contribution in [0.2, 0.25) is 0 Å². The normalized spacial score (nSPS) is 36.6. The van der Waals surface area contributed by atoms with Gasteiger partial charge in [-0.2, -0.15) is 5.26 Å². The number of nitrogens with two attached hydrogens (primary N) is 1. The quantitative estimate of drug-likeness (QED) is 0.720. The first-order valence-electron chi connectivity index (χ1n) is 7.31. The summed E-state index contributed by atoms with van der Waals surface area (Å²) in [5.74, 6) is -5.44. The molecule has 0 aliphatic heterocycles. The fraction of sp³-hybridized carbons (Fsp3) is 0.438. The Labute approximate surface area is 136 Å². The van der Waals surface area contributed by atoms with Crippen LogP contribution in [0.5, 0.6) is 0 Å². The lowest BCUT2D eigenvalue weighted by Gasteiger charge is -2.31. The smallest absolute Gasteiger partial charge is 0.342 e. The third-order valence-corrected chi connectivity index (χ3v) is 5.01. The zero-order chi connectivity index (χ0) is 17.7. The van der Waals surface area contributed by atoms with Crippen LogP contribution in [0.25, 0.3) is 0 Å². The first-order valence-corrected chi connectivity index (χ1v) is 7.31. The van der Waals surface area contributed by atoms with Crippen molar-refractivity contribution in [2.45, 2.75) is 30.3 Å². The van der Waals surface area contributed by atoms with Gasteiger partial charge in [0.05, 0.1) is 24.3 Å². The second-order valence-electron chi connectivity index (χ2n) is 6.24. The molecule has 7 nitrogen and oxygen atoms in total. The maximum atomic E-state index is 14.4. The highest BCUT2D eigenvalue weighted by atomic mass is 19.1. The average molecular weight is 334 g/mol. The molecule has 4 N–H and O–H groups in total. The molecule has 0 spiro atoms. The van der Waals surface area contributed by atoms with Gasteiger partial charge in [0.25, 0.3) is 0 Å². The molecule has 3 rings (SSSR count). The molecule has 24 heavy (non-hydrogen) atoms. The molecule has 126 valence electrons. The van der Waals surface area contributed by atoms with E-state index < -0.39 is 41.1 Å². The van der Waals surface area contributed by atoms with Crippen molar-refractivity contribution >= 4 is 11.9 Å². The number of hydrogen-bond donors (Lipinski definition) is 3. The summed E-state index contributed by atoms with van der Waals surface area (Å²) < 4.78 is 20.0. The monoisotopic (exact) mass is 334 g/mol. The van der Waals surface area contributed by atoms with Gasteiger partial charge in [0.1, 0.15) is 5.54 Å². The summed E-state index contributed by atoms with van der Waals surface area (Å²) in [6, 6.07) is 8.54. The molecule has 2 fully saturated rings. The second-order valence-corrected chi connectivity index (χ2v) is 6.24. The molecule has 1 aromatic rings. The number of hydrogen-bond acceptors (Lipinski definition) is 5. The lowest BCUT2D eigenvalue weighted by Crippen LogP contribution is -2.60. The number of rotatable bonds is 5. The van der Waals surface area contributed by atoms with Gasteiger partial charge in [-0.25, -0.2) is 9.18 Å². The predicted molar refractivity (Wildman–Crippen MR) is 77.4 cm³/mol. The Morgan fingerprint density at radius 1 is 1.42 bits per heavy atom. The van der Waals surface area contributed by atoms with E-state index in [9.17, 15) is 19.1 Å². The summed E-state index contributed by atoms with van der Waals surface area (Å²) in [6.07, 6.45) is -1.08. The Kier molecular flexibility index (Phi) is 3.59. The van der Waals surface area contributed by atoms with Gasteiger partial charge >= 0.3 is 11.9 Å². The number of benzene rings is 1. The Morgan fingerprint density at radius 2 is 2.12 bits per heavy atom. The van der Waals surface area contributed by atoms with Crippen molar-refractivity contribution in [2.24, 2.45) is 17.6 Å². The zero-order valence-electron chi connectivity index (χ0n) is 12.5. The molecule has 1 aromatic carbocycles. The summed E-state index contributed by atoms with van der Waals surface area (Å²) in [6.45, 7) is -0.00177. The molecule has 2 saturated carbocycles. The van der Waals surface area contributed by atoms with Gasteiger partial charge in [-0.1, -0.05) is 12.1 Å². The molecular weight excluding hydrogens is 319 g/mol. The number of alkyl halides is 1. The Hall–Kier alpha value is -2.50. The van der Waals surface area contributed by atoms with Gasteiger partial charge in [-0.3, -0.25) is 4.79 Å². The second kappa shape index (κ2) is 5.26. The minimum atomic E-state index is -2.60. The van der Waals surface area contributed by atoms with E-state index in [1.54, 1.807) is 24.3 Å². The Morgan fingerprint density at radius 3 is 2.71 bits per heavy atom. The maximum absolute atomic E-state index is 14.4. The first-order chi connectivity index (χ1) is 11.3. The number of fused-ring (bicyclic) bond motifs is 1. The molecule has 0 radical (unpaired) electrons. The van der Waals surface area contributed by atoms with Crippen LogP contribution in [0.4, 0.5) is 4.39 Å². The van der Waals surface area contributed by atoms with Crippen LogP contribution in [-0.2, 0) is 20.9 Å². The van der Waals surface area contributed by atoms with E-state index in [2.05, 4.69) is 0 Å². The van der Waals surface area contributed by atoms with E-state index in [0.29, 0.717) is 11.1 Å². The number of carboxylic acids is 2. The van der Waals surface area contributed by atoms with Crippen LogP contribution < -0.4 is 5.73 Å². The summed E-state index contributed by atoms with van der Waals surface area (Å²) in [5.41, 5.74) is 2.26. The third-order valence-electron chi connectivity index (χ3n) is 5.01. The SMILES string of the molecule is N#Cc1cccc(CO[C@@H]2C[C@@H]3[C@H]([C@]2(N)C(=O)O)[C@@]3(F)C(=O)O)c1. The molecule has 0 heterocycles. The van der Waals surface area contributed by atoms with Gasteiger partial charge in [0.15, 0.2) is 0 Å². The number of halogens is 1. The van der Waals surface area contributed by atoms with E-state index in [1.165, 1.54) is 0 Å².